The molecule has 1 heterocycles. The minimum Gasteiger partial charge on any atom is -0.306 e. The van der Waals surface area contributed by atoms with Gasteiger partial charge in [-0.3, -0.25) is 0 Å². The van der Waals surface area contributed by atoms with E-state index in [0.29, 0.717) is 6.04 Å². The molecule has 17 heavy (non-hydrogen) atoms. The van der Waals surface area contributed by atoms with Gasteiger partial charge in [-0.2, -0.15) is 0 Å². The van der Waals surface area contributed by atoms with Crippen LogP contribution in [-0.2, 0) is 0 Å². The minimum atomic E-state index is 0.329. The first-order valence-electron chi connectivity index (χ1n) is 5.76. The number of aryl methyl sites for hydroxylation is 1. The molecule has 1 nitrogen and oxygen atoms in total. The fraction of sp³-hybridized carbons (Fsp3) is 0.286. The van der Waals surface area contributed by atoms with Crippen LogP contribution in [-0.4, -0.2) is 6.54 Å². The van der Waals surface area contributed by atoms with Gasteiger partial charge in [0.2, 0.25) is 0 Å². The van der Waals surface area contributed by atoms with E-state index in [1.165, 1.54) is 18.9 Å². The van der Waals surface area contributed by atoms with Gasteiger partial charge in [-0.1, -0.05) is 19.1 Å². The Balaban J connectivity index is 2.31. The second kappa shape index (κ2) is 5.98. The van der Waals surface area contributed by atoms with E-state index in [4.69, 9.17) is 0 Å². The molecule has 1 atom stereocenters. The highest BCUT2D eigenvalue weighted by Gasteiger charge is 2.14. The molecule has 0 bridgehead atoms. The van der Waals surface area contributed by atoms with E-state index in [0.717, 1.165) is 6.54 Å². The summed E-state index contributed by atoms with van der Waals surface area (Å²) in [6.07, 6.45) is 0. The highest BCUT2D eigenvalue weighted by molar-refractivity contribution is 14.1. The molecule has 0 radical (unpaired) electrons. The van der Waals surface area contributed by atoms with Crippen molar-refractivity contribution in [1.82, 2.24) is 5.32 Å². The summed E-state index contributed by atoms with van der Waals surface area (Å²) in [5, 5.41) is 3.56. The van der Waals surface area contributed by atoms with Gasteiger partial charge in [0.25, 0.3) is 0 Å². The van der Waals surface area contributed by atoms with Gasteiger partial charge in [-0.05, 0) is 65.9 Å². The molecule has 1 aromatic carbocycles. The third-order valence-electron chi connectivity index (χ3n) is 2.66. The predicted molar refractivity (Wildman–Crippen MR) is 83.7 cm³/mol. The van der Waals surface area contributed by atoms with Crippen molar-refractivity contribution in [1.29, 1.82) is 0 Å². The van der Waals surface area contributed by atoms with Crippen LogP contribution in [0.15, 0.2) is 36.4 Å². The van der Waals surface area contributed by atoms with Crippen molar-refractivity contribution >= 4 is 33.9 Å². The lowest BCUT2D eigenvalue weighted by molar-refractivity contribution is 0.639. The molecule has 0 spiro atoms. The Labute approximate surface area is 120 Å². The van der Waals surface area contributed by atoms with Crippen LogP contribution in [0.3, 0.4) is 0 Å². The predicted octanol–water partition coefficient (Wildman–Crippen LogP) is 4.36. The maximum absolute atomic E-state index is 3.56. The monoisotopic (exact) mass is 357 g/mol. The summed E-state index contributed by atoms with van der Waals surface area (Å²) in [5.74, 6) is 0. The Morgan fingerprint density at radius 3 is 2.41 bits per heavy atom. The van der Waals surface area contributed by atoms with E-state index in [2.05, 4.69) is 78.2 Å². The van der Waals surface area contributed by atoms with Gasteiger partial charge in [0.05, 0.1) is 6.04 Å². The average molecular weight is 357 g/mol. The molecular formula is C14H16INS. The number of benzene rings is 1. The topological polar surface area (TPSA) is 12.0 Å². The second-order valence-electron chi connectivity index (χ2n) is 3.99. The van der Waals surface area contributed by atoms with Gasteiger partial charge in [-0.15, -0.1) is 11.3 Å². The van der Waals surface area contributed by atoms with Gasteiger partial charge in [0.1, 0.15) is 0 Å². The lowest BCUT2D eigenvalue weighted by Crippen LogP contribution is -2.20. The number of thiophene rings is 1. The third kappa shape index (κ3) is 3.30. The number of rotatable bonds is 4. The van der Waals surface area contributed by atoms with Gasteiger partial charge >= 0.3 is 0 Å². The molecule has 1 aromatic heterocycles. The van der Waals surface area contributed by atoms with Crippen molar-refractivity contribution in [3.05, 3.63) is 55.3 Å². The molecule has 1 unspecified atom stereocenters. The van der Waals surface area contributed by atoms with Crippen LogP contribution in [0, 0.1) is 10.5 Å². The Bertz CT molecular complexity index is 475. The molecule has 2 rings (SSSR count). The molecule has 0 saturated heterocycles. The fourth-order valence-electron chi connectivity index (χ4n) is 1.85. The highest BCUT2D eigenvalue weighted by atomic mass is 127. The zero-order chi connectivity index (χ0) is 12.3. The van der Waals surface area contributed by atoms with Crippen LogP contribution in [0.4, 0.5) is 0 Å². The zero-order valence-corrected chi connectivity index (χ0v) is 13.0. The van der Waals surface area contributed by atoms with E-state index in [1.54, 1.807) is 0 Å². The van der Waals surface area contributed by atoms with E-state index >= 15 is 0 Å². The summed E-state index contributed by atoms with van der Waals surface area (Å²) >= 11 is 4.21. The number of halogens is 1. The van der Waals surface area contributed by atoms with Crippen molar-refractivity contribution < 1.29 is 0 Å². The summed E-state index contributed by atoms with van der Waals surface area (Å²) in [5.41, 5.74) is 1.34. The van der Waals surface area contributed by atoms with E-state index < -0.39 is 0 Å². The van der Waals surface area contributed by atoms with Crippen LogP contribution >= 0.6 is 33.9 Å². The van der Waals surface area contributed by atoms with Crippen molar-refractivity contribution in [3.8, 4) is 0 Å². The molecule has 2 aromatic rings. The van der Waals surface area contributed by atoms with Gasteiger partial charge < -0.3 is 5.32 Å². The maximum atomic E-state index is 3.56. The van der Waals surface area contributed by atoms with E-state index in [-0.39, 0.29) is 0 Å². The van der Waals surface area contributed by atoms with Crippen molar-refractivity contribution in [2.24, 2.45) is 0 Å². The van der Waals surface area contributed by atoms with Crippen molar-refractivity contribution in [2.45, 2.75) is 19.9 Å². The lowest BCUT2D eigenvalue weighted by Gasteiger charge is -2.17. The maximum Gasteiger partial charge on any atom is 0.0671 e. The van der Waals surface area contributed by atoms with Crippen LogP contribution in [0.2, 0.25) is 0 Å². The molecule has 0 fully saturated rings. The smallest absolute Gasteiger partial charge is 0.0671 e. The van der Waals surface area contributed by atoms with Crippen molar-refractivity contribution in [3.63, 3.8) is 0 Å². The summed E-state index contributed by atoms with van der Waals surface area (Å²) < 4.78 is 1.28. The number of hydrogen-bond acceptors (Lipinski definition) is 2. The summed E-state index contributed by atoms with van der Waals surface area (Å²) in [7, 11) is 0. The van der Waals surface area contributed by atoms with E-state index in [9.17, 15) is 0 Å². The Hall–Kier alpha value is -0.390. The third-order valence-corrected chi connectivity index (χ3v) is 4.44. The molecule has 0 saturated carbocycles. The van der Waals surface area contributed by atoms with Crippen LogP contribution in [0.1, 0.15) is 28.3 Å². The molecule has 0 aliphatic carbocycles. The molecule has 1 N–H and O–H groups in total. The lowest BCUT2D eigenvalue weighted by atomic mass is 10.1. The first kappa shape index (κ1) is 13.1. The second-order valence-corrected chi connectivity index (χ2v) is 6.56. The Morgan fingerprint density at radius 1 is 1.18 bits per heavy atom. The first-order valence-corrected chi connectivity index (χ1v) is 7.65. The van der Waals surface area contributed by atoms with Crippen LogP contribution in [0.5, 0.6) is 0 Å². The fourth-order valence-corrected chi connectivity index (χ4v) is 3.19. The highest BCUT2D eigenvalue weighted by Crippen LogP contribution is 2.28. The number of hydrogen-bond donors (Lipinski definition) is 1. The van der Waals surface area contributed by atoms with Crippen LogP contribution < -0.4 is 5.32 Å². The molecular weight excluding hydrogens is 341 g/mol. The summed E-state index contributed by atoms with van der Waals surface area (Å²) in [6, 6.07) is 13.5. The SMILES string of the molecule is CCNC(c1ccc(I)cc1)c1ccc(C)s1. The zero-order valence-electron chi connectivity index (χ0n) is 10.0. The van der Waals surface area contributed by atoms with Gasteiger partial charge in [0, 0.05) is 13.3 Å². The normalized spacial score (nSPS) is 12.6. The standard InChI is InChI=1S/C14H16INS/c1-3-16-14(13-9-4-10(2)17-13)11-5-7-12(15)8-6-11/h4-9,14,16H,3H2,1-2H3. The molecule has 0 amide bonds. The van der Waals surface area contributed by atoms with Gasteiger partial charge in [-0.25, -0.2) is 0 Å². The number of nitrogens with one attached hydrogen (secondary N) is 1. The summed E-state index contributed by atoms with van der Waals surface area (Å²) in [4.78, 5) is 2.76. The first-order chi connectivity index (χ1) is 8.20. The molecule has 3 heteroatoms. The minimum absolute atomic E-state index is 0.329. The van der Waals surface area contributed by atoms with Crippen molar-refractivity contribution in [2.75, 3.05) is 6.54 Å². The van der Waals surface area contributed by atoms with Gasteiger partial charge in [0.15, 0.2) is 0 Å². The summed E-state index contributed by atoms with van der Waals surface area (Å²) in [6.45, 7) is 5.29. The largest absolute Gasteiger partial charge is 0.306 e. The average Bonchev–Trinajstić information content (AvgIpc) is 2.74. The molecule has 0 aliphatic rings. The molecule has 90 valence electrons. The molecule has 0 aliphatic heterocycles. The van der Waals surface area contributed by atoms with Crippen LogP contribution in [0.25, 0.3) is 0 Å². The quantitative estimate of drug-likeness (QED) is 0.802. The Kier molecular flexibility index (Phi) is 4.59. The van der Waals surface area contributed by atoms with E-state index in [1.807, 2.05) is 11.3 Å². The Morgan fingerprint density at radius 2 is 1.88 bits per heavy atom.